The van der Waals surface area contributed by atoms with Crippen molar-refractivity contribution in [2.24, 2.45) is 0 Å². The van der Waals surface area contributed by atoms with E-state index in [0.29, 0.717) is 6.07 Å². The molecule has 3 nitrogen and oxygen atoms in total. The van der Waals surface area contributed by atoms with Gasteiger partial charge in [-0.1, -0.05) is 0 Å². The minimum absolute atomic E-state index is 0.0895. The molecule has 0 aromatic heterocycles. The number of benzene rings is 2. The molecule has 9 heteroatoms. The molecule has 138 valence electrons. The van der Waals surface area contributed by atoms with Crippen molar-refractivity contribution < 1.29 is 26.3 Å². The van der Waals surface area contributed by atoms with Crippen molar-refractivity contribution in [1.82, 2.24) is 0 Å². The Morgan fingerprint density at radius 1 is 1.07 bits per heavy atom. The van der Waals surface area contributed by atoms with Crippen LogP contribution in [0.4, 0.5) is 37.7 Å². The Hall–Kier alpha value is -3.20. The molecule has 1 aliphatic heterocycles. The summed E-state index contributed by atoms with van der Waals surface area (Å²) in [6.45, 7) is -0.131. The Kier molecular flexibility index (Phi) is 4.48. The molecule has 0 amide bonds. The quantitative estimate of drug-likeness (QED) is 0.632. The summed E-state index contributed by atoms with van der Waals surface area (Å²) in [5, 5.41) is 18.5. The molecule has 2 aromatic rings. The van der Waals surface area contributed by atoms with Crippen molar-refractivity contribution in [3.8, 4) is 12.1 Å². The van der Waals surface area contributed by atoms with Gasteiger partial charge in [0.2, 0.25) is 0 Å². The highest BCUT2D eigenvalue weighted by molar-refractivity contribution is 5.77. The van der Waals surface area contributed by atoms with E-state index in [0.717, 1.165) is 18.2 Å². The third-order valence-corrected chi connectivity index (χ3v) is 4.27. The first-order chi connectivity index (χ1) is 12.7. The molecule has 0 fully saturated rings. The molecular weight excluding hydrogens is 372 g/mol. The Balaban J connectivity index is 2.27. The van der Waals surface area contributed by atoms with Gasteiger partial charge in [-0.3, -0.25) is 0 Å². The molecule has 3 rings (SSSR count). The van der Waals surface area contributed by atoms with Gasteiger partial charge in [-0.15, -0.1) is 0 Å². The summed E-state index contributed by atoms with van der Waals surface area (Å²) in [6, 6.07) is 6.17. The Bertz CT molecular complexity index is 1000. The highest BCUT2D eigenvalue weighted by atomic mass is 19.4. The van der Waals surface area contributed by atoms with Crippen molar-refractivity contribution in [1.29, 1.82) is 10.5 Å². The third-order valence-electron chi connectivity index (χ3n) is 4.27. The third kappa shape index (κ3) is 3.06. The van der Waals surface area contributed by atoms with E-state index in [1.54, 1.807) is 6.07 Å². The van der Waals surface area contributed by atoms with E-state index >= 15 is 0 Å². The average molecular weight is 381 g/mol. The van der Waals surface area contributed by atoms with Crippen LogP contribution in [-0.2, 0) is 6.18 Å². The lowest BCUT2D eigenvalue weighted by Crippen LogP contribution is -2.28. The smallest absolute Gasteiger partial charge is 0.339 e. The largest absolute Gasteiger partial charge is 0.419 e. The second kappa shape index (κ2) is 6.51. The minimum atomic E-state index is -5.00. The molecule has 1 heterocycles. The van der Waals surface area contributed by atoms with Crippen LogP contribution in [0.15, 0.2) is 24.3 Å². The number of halogens is 6. The lowest BCUT2D eigenvalue weighted by atomic mass is 9.94. The number of hydrogen-bond donors (Lipinski definition) is 0. The predicted octanol–water partition coefficient (Wildman–Crippen LogP) is 5.28. The Morgan fingerprint density at radius 2 is 1.78 bits per heavy atom. The summed E-state index contributed by atoms with van der Waals surface area (Å²) >= 11 is 0. The molecule has 0 N–H and O–H groups in total. The van der Waals surface area contributed by atoms with E-state index < -0.39 is 35.1 Å². The molecule has 1 atom stereocenters. The van der Waals surface area contributed by atoms with Crippen molar-refractivity contribution in [2.45, 2.75) is 18.8 Å². The number of hydrogen-bond acceptors (Lipinski definition) is 3. The second-order valence-corrected chi connectivity index (χ2v) is 5.84. The maximum Gasteiger partial charge on any atom is 0.419 e. The van der Waals surface area contributed by atoms with E-state index in [1.807, 2.05) is 0 Å². The van der Waals surface area contributed by atoms with Crippen molar-refractivity contribution in [3.63, 3.8) is 0 Å². The number of anilines is 2. The molecular formula is C18H9F6N3. The van der Waals surface area contributed by atoms with Crippen molar-refractivity contribution in [3.05, 3.63) is 58.2 Å². The van der Waals surface area contributed by atoms with Crippen molar-refractivity contribution >= 4 is 11.4 Å². The van der Waals surface area contributed by atoms with E-state index in [9.17, 15) is 36.9 Å². The van der Waals surface area contributed by atoms with Crippen LogP contribution < -0.4 is 4.90 Å². The summed E-state index contributed by atoms with van der Waals surface area (Å²) in [5.74, 6) is -2.61. The Labute approximate surface area is 149 Å². The molecule has 0 bridgehead atoms. The van der Waals surface area contributed by atoms with E-state index in [4.69, 9.17) is 0 Å². The van der Waals surface area contributed by atoms with Crippen LogP contribution in [0.3, 0.4) is 0 Å². The standard InChI is InChI=1S/C18H9F6N3/c19-10-5-9(7-25)17-11(6-10)14(20)3-4-27(17)15-2-1-13(18(22,23)24)16(21)12(15)8-26/h1-2,5-6,14H,3-4H2. The lowest BCUT2D eigenvalue weighted by molar-refractivity contribution is -0.140. The van der Waals surface area contributed by atoms with Gasteiger partial charge in [-0.2, -0.15) is 23.7 Å². The maximum absolute atomic E-state index is 14.3. The van der Waals surface area contributed by atoms with Crippen LogP contribution in [-0.4, -0.2) is 6.54 Å². The summed E-state index contributed by atoms with van der Waals surface area (Å²) in [5.41, 5.74) is -3.28. The van der Waals surface area contributed by atoms with E-state index in [2.05, 4.69) is 0 Å². The molecule has 0 aliphatic carbocycles. The van der Waals surface area contributed by atoms with Gasteiger partial charge in [0.15, 0.2) is 5.82 Å². The van der Waals surface area contributed by atoms with Gasteiger partial charge in [0.1, 0.15) is 29.7 Å². The molecule has 2 aromatic carbocycles. The van der Waals surface area contributed by atoms with Crippen LogP contribution >= 0.6 is 0 Å². The zero-order valence-corrected chi connectivity index (χ0v) is 13.4. The molecule has 0 saturated heterocycles. The summed E-state index contributed by atoms with van der Waals surface area (Å²) in [7, 11) is 0. The first kappa shape index (κ1) is 18.6. The van der Waals surface area contributed by atoms with Gasteiger partial charge in [-0.25, -0.2) is 13.2 Å². The number of rotatable bonds is 1. The van der Waals surface area contributed by atoms with Gasteiger partial charge in [0.25, 0.3) is 0 Å². The van der Waals surface area contributed by atoms with Gasteiger partial charge in [0, 0.05) is 18.5 Å². The monoisotopic (exact) mass is 381 g/mol. The van der Waals surface area contributed by atoms with Crippen LogP contribution in [0.2, 0.25) is 0 Å². The van der Waals surface area contributed by atoms with Gasteiger partial charge < -0.3 is 4.90 Å². The molecule has 0 saturated carbocycles. The second-order valence-electron chi connectivity index (χ2n) is 5.84. The van der Waals surface area contributed by atoms with Crippen molar-refractivity contribution in [2.75, 3.05) is 11.4 Å². The summed E-state index contributed by atoms with van der Waals surface area (Å²) in [4.78, 5) is 1.17. The lowest BCUT2D eigenvalue weighted by Gasteiger charge is -2.34. The topological polar surface area (TPSA) is 50.8 Å². The number of nitrogens with zero attached hydrogens (tertiary/aromatic N) is 3. The molecule has 0 spiro atoms. The van der Waals surface area contributed by atoms with E-state index in [1.165, 1.54) is 11.0 Å². The van der Waals surface area contributed by atoms with Crippen LogP contribution in [0, 0.1) is 34.3 Å². The molecule has 27 heavy (non-hydrogen) atoms. The number of fused-ring (bicyclic) bond motifs is 1. The van der Waals surface area contributed by atoms with E-state index in [-0.39, 0.29) is 35.5 Å². The van der Waals surface area contributed by atoms with Gasteiger partial charge >= 0.3 is 6.18 Å². The predicted molar refractivity (Wildman–Crippen MR) is 82.7 cm³/mol. The molecule has 1 unspecified atom stereocenters. The zero-order valence-electron chi connectivity index (χ0n) is 13.4. The molecule has 0 radical (unpaired) electrons. The first-order valence-electron chi connectivity index (χ1n) is 7.64. The minimum Gasteiger partial charge on any atom is -0.339 e. The highest BCUT2D eigenvalue weighted by Crippen LogP contribution is 2.45. The number of alkyl halides is 4. The zero-order chi connectivity index (χ0) is 19.9. The van der Waals surface area contributed by atoms with Crippen LogP contribution in [0.1, 0.15) is 34.8 Å². The van der Waals surface area contributed by atoms with Gasteiger partial charge in [-0.05, 0) is 24.3 Å². The first-order valence-corrected chi connectivity index (χ1v) is 7.64. The maximum atomic E-state index is 14.3. The fraction of sp³-hybridized carbons (Fsp3) is 0.222. The summed E-state index contributed by atoms with van der Waals surface area (Å²) in [6.07, 6.45) is -6.78. The number of nitriles is 2. The van der Waals surface area contributed by atoms with Crippen LogP contribution in [0.25, 0.3) is 0 Å². The fourth-order valence-corrected chi connectivity index (χ4v) is 3.11. The van der Waals surface area contributed by atoms with Crippen LogP contribution in [0.5, 0.6) is 0 Å². The summed E-state index contributed by atoms with van der Waals surface area (Å²) < 4.78 is 80.9. The van der Waals surface area contributed by atoms with Gasteiger partial charge in [0.05, 0.1) is 22.5 Å². The SMILES string of the molecule is N#Cc1cc(F)cc2c1N(c1ccc(C(F)(F)F)c(F)c1C#N)CCC2F. The average Bonchev–Trinajstić information content (AvgIpc) is 2.60. The fourth-order valence-electron chi connectivity index (χ4n) is 3.11. The Morgan fingerprint density at radius 3 is 2.37 bits per heavy atom. The molecule has 1 aliphatic rings. The normalized spacial score (nSPS) is 16.4. The highest BCUT2D eigenvalue weighted by Gasteiger charge is 2.37.